The Morgan fingerprint density at radius 1 is 1.40 bits per heavy atom. The van der Waals surface area contributed by atoms with Gasteiger partial charge in [-0.1, -0.05) is 15.9 Å². The second-order valence-electron chi connectivity index (χ2n) is 4.75. The molecular weight excluding hydrogens is 324 g/mol. The highest BCUT2D eigenvalue weighted by Gasteiger charge is 2.34. The zero-order chi connectivity index (χ0) is 14.5. The molecule has 1 aliphatic rings. The normalized spacial score (nSPS) is 18.4. The molecule has 0 aromatic heterocycles. The number of nitrogens with zero attached hydrogens (tertiary/aromatic N) is 1. The summed E-state index contributed by atoms with van der Waals surface area (Å²) in [5.41, 5.74) is 0.809. The minimum Gasteiger partial charge on any atom is -0.396 e. The van der Waals surface area contributed by atoms with Crippen LogP contribution in [0.4, 0.5) is 5.69 Å². The van der Waals surface area contributed by atoms with Crippen molar-refractivity contribution in [1.82, 2.24) is 5.32 Å². The molecule has 5 nitrogen and oxygen atoms in total. The number of aliphatic hydroxyl groups is 1. The SMILES string of the molecule is O=C(NCCCO)[C@H]1CC(=O)N(c2ccc(Br)cc2)C1. The molecule has 2 rings (SSSR count). The van der Waals surface area contributed by atoms with Crippen LogP contribution >= 0.6 is 15.9 Å². The number of amides is 2. The van der Waals surface area contributed by atoms with Gasteiger partial charge in [0, 0.05) is 36.3 Å². The second kappa shape index (κ2) is 6.85. The van der Waals surface area contributed by atoms with Gasteiger partial charge in [-0.3, -0.25) is 9.59 Å². The van der Waals surface area contributed by atoms with Crippen LogP contribution in [0.25, 0.3) is 0 Å². The van der Waals surface area contributed by atoms with Gasteiger partial charge >= 0.3 is 0 Å². The second-order valence-corrected chi connectivity index (χ2v) is 5.67. The maximum atomic E-state index is 12.0. The predicted molar refractivity (Wildman–Crippen MR) is 79.3 cm³/mol. The zero-order valence-corrected chi connectivity index (χ0v) is 12.6. The van der Waals surface area contributed by atoms with Crippen LogP contribution in [0, 0.1) is 5.92 Å². The molecular formula is C14H17BrN2O3. The Labute approximate surface area is 126 Å². The number of hydrogen-bond donors (Lipinski definition) is 2. The smallest absolute Gasteiger partial charge is 0.227 e. The molecule has 1 aromatic carbocycles. The molecule has 20 heavy (non-hydrogen) atoms. The zero-order valence-electron chi connectivity index (χ0n) is 11.0. The van der Waals surface area contributed by atoms with Crippen molar-refractivity contribution in [2.24, 2.45) is 5.92 Å². The van der Waals surface area contributed by atoms with Gasteiger partial charge in [0.1, 0.15) is 0 Å². The molecule has 0 spiro atoms. The fourth-order valence-electron chi connectivity index (χ4n) is 2.19. The van der Waals surface area contributed by atoms with Gasteiger partial charge in [0.2, 0.25) is 11.8 Å². The van der Waals surface area contributed by atoms with Crippen molar-refractivity contribution >= 4 is 33.4 Å². The molecule has 0 aliphatic carbocycles. The van der Waals surface area contributed by atoms with Gasteiger partial charge in [-0.15, -0.1) is 0 Å². The third-order valence-electron chi connectivity index (χ3n) is 3.27. The van der Waals surface area contributed by atoms with Crippen molar-refractivity contribution in [2.75, 3.05) is 24.6 Å². The Morgan fingerprint density at radius 2 is 2.10 bits per heavy atom. The molecule has 1 atom stereocenters. The van der Waals surface area contributed by atoms with Crippen LogP contribution in [0.3, 0.4) is 0 Å². The van der Waals surface area contributed by atoms with Crippen LogP contribution in [0.5, 0.6) is 0 Å². The molecule has 6 heteroatoms. The first kappa shape index (κ1) is 15.0. The standard InChI is InChI=1S/C14H17BrN2O3/c15-11-2-4-12(5-3-11)17-9-10(8-13(17)19)14(20)16-6-1-7-18/h2-5,10,18H,1,6-9H2,(H,16,20)/t10-/m0/s1. The van der Waals surface area contributed by atoms with Gasteiger partial charge in [0.15, 0.2) is 0 Å². The molecule has 0 radical (unpaired) electrons. The van der Waals surface area contributed by atoms with E-state index < -0.39 is 0 Å². The molecule has 2 N–H and O–H groups in total. The van der Waals surface area contributed by atoms with E-state index in [1.54, 1.807) is 4.90 Å². The molecule has 1 fully saturated rings. The van der Waals surface area contributed by atoms with E-state index in [-0.39, 0.29) is 30.8 Å². The summed E-state index contributed by atoms with van der Waals surface area (Å²) in [6.07, 6.45) is 0.768. The Bertz CT molecular complexity index is 490. The van der Waals surface area contributed by atoms with Crippen molar-refractivity contribution in [3.05, 3.63) is 28.7 Å². The van der Waals surface area contributed by atoms with Gasteiger partial charge < -0.3 is 15.3 Å². The molecule has 0 bridgehead atoms. The summed E-state index contributed by atoms with van der Waals surface area (Å²) in [6.45, 7) is 0.901. The lowest BCUT2D eigenvalue weighted by molar-refractivity contribution is -0.126. The number of halogens is 1. The van der Waals surface area contributed by atoms with Crippen LogP contribution < -0.4 is 10.2 Å². The van der Waals surface area contributed by atoms with E-state index in [4.69, 9.17) is 5.11 Å². The summed E-state index contributed by atoms with van der Waals surface area (Å²) in [5.74, 6) is -0.467. The lowest BCUT2D eigenvalue weighted by Crippen LogP contribution is -2.33. The van der Waals surface area contributed by atoms with E-state index in [1.165, 1.54) is 0 Å². The van der Waals surface area contributed by atoms with E-state index in [9.17, 15) is 9.59 Å². The number of nitrogens with one attached hydrogen (secondary N) is 1. The highest BCUT2D eigenvalue weighted by molar-refractivity contribution is 9.10. The first-order valence-corrected chi connectivity index (χ1v) is 7.35. The van der Waals surface area contributed by atoms with E-state index in [1.807, 2.05) is 24.3 Å². The number of hydrogen-bond acceptors (Lipinski definition) is 3. The van der Waals surface area contributed by atoms with Crippen molar-refractivity contribution in [3.63, 3.8) is 0 Å². The van der Waals surface area contributed by atoms with Crippen molar-refractivity contribution in [1.29, 1.82) is 0 Å². The molecule has 108 valence electrons. The number of benzene rings is 1. The maximum absolute atomic E-state index is 12.0. The Kier molecular flexibility index (Phi) is 5.14. The van der Waals surface area contributed by atoms with E-state index in [2.05, 4.69) is 21.2 Å². The predicted octanol–water partition coefficient (Wildman–Crippen LogP) is 1.30. The summed E-state index contributed by atoms with van der Waals surface area (Å²) in [7, 11) is 0. The number of carbonyl (C=O) groups is 2. The number of aliphatic hydroxyl groups excluding tert-OH is 1. The quantitative estimate of drug-likeness (QED) is 0.794. The van der Waals surface area contributed by atoms with E-state index in [0.717, 1.165) is 10.2 Å². The molecule has 0 saturated carbocycles. The highest BCUT2D eigenvalue weighted by atomic mass is 79.9. The molecule has 1 aromatic rings. The minimum atomic E-state index is -0.315. The van der Waals surface area contributed by atoms with Gasteiger partial charge in [0.05, 0.1) is 5.92 Å². The third kappa shape index (κ3) is 3.58. The average Bonchev–Trinajstić information content (AvgIpc) is 2.82. The third-order valence-corrected chi connectivity index (χ3v) is 3.80. The van der Waals surface area contributed by atoms with Gasteiger partial charge in [0.25, 0.3) is 0 Å². The molecule has 0 unspecified atom stereocenters. The van der Waals surface area contributed by atoms with Gasteiger partial charge in [-0.05, 0) is 30.7 Å². The summed E-state index contributed by atoms with van der Waals surface area (Å²) in [5, 5.41) is 11.4. The Morgan fingerprint density at radius 3 is 2.75 bits per heavy atom. The number of anilines is 1. The molecule has 1 heterocycles. The van der Waals surface area contributed by atoms with Crippen molar-refractivity contribution in [3.8, 4) is 0 Å². The monoisotopic (exact) mass is 340 g/mol. The Balaban J connectivity index is 1.96. The summed E-state index contributed by atoms with van der Waals surface area (Å²) in [4.78, 5) is 25.6. The summed E-state index contributed by atoms with van der Waals surface area (Å²) >= 11 is 3.35. The summed E-state index contributed by atoms with van der Waals surface area (Å²) < 4.78 is 0.950. The number of rotatable bonds is 5. The fraction of sp³-hybridized carbons (Fsp3) is 0.429. The van der Waals surface area contributed by atoms with Crippen molar-refractivity contribution in [2.45, 2.75) is 12.8 Å². The highest BCUT2D eigenvalue weighted by Crippen LogP contribution is 2.26. The van der Waals surface area contributed by atoms with Crippen LogP contribution in [0.15, 0.2) is 28.7 Å². The average molecular weight is 341 g/mol. The molecule has 1 saturated heterocycles. The minimum absolute atomic E-state index is 0.0327. The van der Waals surface area contributed by atoms with Crippen LogP contribution in [-0.4, -0.2) is 36.6 Å². The van der Waals surface area contributed by atoms with Crippen molar-refractivity contribution < 1.29 is 14.7 Å². The van der Waals surface area contributed by atoms with Gasteiger partial charge in [-0.2, -0.15) is 0 Å². The van der Waals surface area contributed by atoms with Crippen LogP contribution in [-0.2, 0) is 9.59 Å². The van der Waals surface area contributed by atoms with E-state index >= 15 is 0 Å². The topological polar surface area (TPSA) is 69.6 Å². The lowest BCUT2D eigenvalue weighted by Gasteiger charge is -2.16. The first-order chi connectivity index (χ1) is 9.61. The fourth-order valence-corrected chi connectivity index (χ4v) is 2.45. The largest absolute Gasteiger partial charge is 0.396 e. The lowest BCUT2D eigenvalue weighted by atomic mass is 10.1. The first-order valence-electron chi connectivity index (χ1n) is 6.56. The number of carbonyl (C=O) groups excluding carboxylic acids is 2. The molecule has 1 aliphatic heterocycles. The maximum Gasteiger partial charge on any atom is 0.227 e. The van der Waals surface area contributed by atoms with Crippen LogP contribution in [0.1, 0.15) is 12.8 Å². The van der Waals surface area contributed by atoms with Gasteiger partial charge in [-0.25, -0.2) is 0 Å². The van der Waals surface area contributed by atoms with E-state index in [0.29, 0.717) is 19.5 Å². The molecule has 2 amide bonds. The Hall–Kier alpha value is -1.40. The summed E-state index contributed by atoms with van der Waals surface area (Å²) in [6, 6.07) is 7.45. The van der Waals surface area contributed by atoms with Crippen LogP contribution in [0.2, 0.25) is 0 Å².